The second-order valence-electron chi connectivity index (χ2n) is 5.28. The molecule has 0 aliphatic heterocycles. The van der Waals surface area contributed by atoms with Crippen LogP contribution >= 0.6 is 0 Å². The summed E-state index contributed by atoms with van der Waals surface area (Å²) in [5.74, 6) is -0.861. The van der Waals surface area contributed by atoms with Gasteiger partial charge in [-0.1, -0.05) is 30.3 Å². The summed E-state index contributed by atoms with van der Waals surface area (Å²) in [6, 6.07) is 9.12. The lowest BCUT2D eigenvalue weighted by molar-refractivity contribution is -0.149. The number of hydrogen-bond donors (Lipinski definition) is 6. The number of carbonyl (C=O) groups is 1. The third kappa shape index (κ3) is 5.36. The van der Waals surface area contributed by atoms with Gasteiger partial charge < -0.3 is 30.8 Å². The molecular formula is C15H23NO6. The van der Waals surface area contributed by atoms with E-state index in [1.54, 1.807) is 6.92 Å². The molecule has 0 fully saturated rings. The number of benzene rings is 1. The first kappa shape index (κ1) is 18.5. The predicted molar refractivity (Wildman–Crippen MR) is 78.9 cm³/mol. The van der Waals surface area contributed by atoms with Crippen molar-refractivity contribution in [2.75, 3.05) is 6.61 Å². The Morgan fingerprint density at radius 2 is 1.68 bits per heavy atom. The number of aliphatic hydroxyl groups excluding tert-OH is 5. The first-order valence-electron chi connectivity index (χ1n) is 7.04. The van der Waals surface area contributed by atoms with E-state index < -0.39 is 36.9 Å². The molecule has 5 atom stereocenters. The van der Waals surface area contributed by atoms with Crippen molar-refractivity contribution in [3.05, 3.63) is 35.9 Å². The molecule has 0 unspecified atom stereocenters. The van der Waals surface area contributed by atoms with Crippen molar-refractivity contribution in [1.82, 2.24) is 5.32 Å². The Labute approximate surface area is 128 Å². The van der Waals surface area contributed by atoms with E-state index in [9.17, 15) is 25.2 Å². The van der Waals surface area contributed by atoms with Crippen molar-refractivity contribution in [1.29, 1.82) is 0 Å². The molecule has 0 aromatic heterocycles. The van der Waals surface area contributed by atoms with Crippen LogP contribution < -0.4 is 5.32 Å². The SMILES string of the molecule is C[C@@H](Cc1ccccc1)NC(=O)[C@H](O)[C@@H](O)[C@H](O)[C@H](O)CO. The number of amides is 1. The molecule has 0 spiro atoms. The van der Waals surface area contributed by atoms with Gasteiger partial charge in [0.1, 0.15) is 18.3 Å². The quantitative estimate of drug-likeness (QED) is 0.335. The van der Waals surface area contributed by atoms with Gasteiger partial charge in [0.2, 0.25) is 0 Å². The van der Waals surface area contributed by atoms with Crippen LogP contribution in [0.5, 0.6) is 0 Å². The van der Waals surface area contributed by atoms with E-state index >= 15 is 0 Å². The van der Waals surface area contributed by atoms with Gasteiger partial charge in [-0.25, -0.2) is 0 Å². The summed E-state index contributed by atoms with van der Waals surface area (Å²) in [6.45, 7) is 0.944. The monoisotopic (exact) mass is 313 g/mol. The Morgan fingerprint density at radius 3 is 2.23 bits per heavy atom. The Morgan fingerprint density at radius 1 is 1.09 bits per heavy atom. The fourth-order valence-electron chi connectivity index (χ4n) is 2.02. The largest absolute Gasteiger partial charge is 0.394 e. The number of rotatable bonds is 8. The molecule has 1 aromatic rings. The third-order valence-electron chi connectivity index (χ3n) is 3.30. The van der Waals surface area contributed by atoms with Crippen LogP contribution in [0.2, 0.25) is 0 Å². The molecule has 0 aliphatic carbocycles. The van der Waals surface area contributed by atoms with Gasteiger partial charge in [0, 0.05) is 6.04 Å². The van der Waals surface area contributed by atoms with E-state index in [0.717, 1.165) is 5.56 Å². The first-order valence-corrected chi connectivity index (χ1v) is 7.04. The average molecular weight is 313 g/mol. The second kappa shape index (κ2) is 8.82. The Balaban J connectivity index is 2.52. The van der Waals surface area contributed by atoms with E-state index in [-0.39, 0.29) is 6.04 Å². The molecule has 6 N–H and O–H groups in total. The highest BCUT2D eigenvalue weighted by atomic mass is 16.4. The summed E-state index contributed by atoms with van der Waals surface area (Å²) in [5, 5.41) is 49.2. The molecule has 0 saturated heterocycles. The van der Waals surface area contributed by atoms with Crippen LogP contribution in [-0.4, -0.2) is 68.5 Å². The smallest absolute Gasteiger partial charge is 0.251 e. The van der Waals surface area contributed by atoms with Crippen molar-refractivity contribution in [2.24, 2.45) is 0 Å². The molecule has 7 heteroatoms. The van der Waals surface area contributed by atoms with Crippen LogP contribution in [0.4, 0.5) is 0 Å². The lowest BCUT2D eigenvalue weighted by Crippen LogP contribution is -2.53. The molecule has 22 heavy (non-hydrogen) atoms. The maximum atomic E-state index is 11.8. The molecule has 124 valence electrons. The van der Waals surface area contributed by atoms with Crippen LogP contribution in [0.1, 0.15) is 12.5 Å². The molecule has 0 saturated carbocycles. The highest BCUT2D eigenvalue weighted by Gasteiger charge is 2.34. The van der Waals surface area contributed by atoms with Crippen molar-refractivity contribution < 1.29 is 30.3 Å². The van der Waals surface area contributed by atoms with E-state index in [4.69, 9.17) is 5.11 Å². The van der Waals surface area contributed by atoms with Gasteiger partial charge >= 0.3 is 0 Å². The number of carbonyl (C=O) groups excluding carboxylic acids is 1. The van der Waals surface area contributed by atoms with Crippen LogP contribution in [-0.2, 0) is 11.2 Å². The minimum Gasteiger partial charge on any atom is -0.394 e. The predicted octanol–water partition coefficient (Wildman–Crippen LogP) is -1.83. The third-order valence-corrected chi connectivity index (χ3v) is 3.30. The second-order valence-corrected chi connectivity index (χ2v) is 5.28. The molecular weight excluding hydrogens is 290 g/mol. The molecule has 1 aromatic carbocycles. The van der Waals surface area contributed by atoms with Gasteiger partial charge in [0.15, 0.2) is 6.10 Å². The minimum absolute atomic E-state index is 0.295. The fourth-order valence-corrected chi connectivity index (χ4v) is 2.02. The Bertz CT molecular complexity index is 455. The average Bonchev–Trinajstić information content (AvgIpc) is 2.52. The zero-order valence-corrected chi connectivity index (χ0v) is 12.3. The van der Waals surface area contributed by atoms with Crippen molar-refractivity contribution >= 4 is 5.91 Å². The van der Waals surface area contributed by atoms with Gasteiger partial charge in [-0.15, -0.1) is 0 Å². The van der Waals surface area contributed by atoms with Gasteiger partial charge in [-0.05, 0) is 18.9 Å². The number of hydrogen-bond acceptors (Lipinski definition) is 6. The summed E-state index contributed by atoms with van der Waals surface area (Å²) >= 11 is 0. The number of nitrogens with one attached hydrogen (secondary N) is 1. The van der Waals surface area contributed by atoms with E-state index in [0.29, 0.717) is 6.42 Å². The molecule has 1 amide bonds. The number of aliphatic hydroxyl groups is 5. The summed E-state index contributed by atoms with van der Waals surface area (Å²) in [4.78, 5) is 11.8. The highest BCUT2D eigenvalue weighted by molar-refractivity contribution is 5.81. The zero-order chi connectivity index (χ0) is 16.7. The Kier molecular flexibility index (Phi) is 7.43. The maximum absolute atomic E-state index is 11.8. The van der Waals surface area contributed by atoms with Crippen LogP contribution in [0.15, 0.2) is 30.3 Å². The minimum atomic E-state index is -1.91. The van der Waals surface area contributed by atoms with E-state index in [1.165, 1.54) is 0 Å². The summed E-state index contributed by atoms with van der Waals surface area (Å²) in [5.41, 5.74) is 1.00. The molecule has 0 aliphatic rings. The van der Waals surface area contributed by atoms with E-state index in [2.05, 4.69) is 5.32 Å². The molecule has 0 heterocycles. The topological polar surface area (TPSA) is 130 Å². The van der Waals surface area contributed by atoms with Gasteiger partial charge in [0.05, 0.1) is 6.61 Å². The lowest BCUT2D eigenvalue weighted by Gasteiger charge is -2.26. The van der Waals surface area contributed by atoms with Crippen molar-refractivity contribution in [2.45, 2.75) is 43.8 Å². The van der Waals surface area contributed by atoms with Crippen LogP contribution in [0, 0.1) is 0 Å². The zero-order valence-electron chi connectivity index (χ0n) is 12.3. The normalized spacial score (nSPS) is 18.1. The van der Waals surface area contributed by atoms with Crippen molar-refractivity contribution in [3.63, 3.8) is 0 Å². The Hall–Kier alpha value is -1.51. The van der Waals surface area contributed by atoms with Gasteiger partial charge in [-0.3, -0.25) is 4.79 Å². The van der Waals surface area contributed by atoms with Crippen molar-refractivity contribution in [3.8, 4) is 0 Å². The fraction of sp³-hybridized carbons (Fsp3) is 0.533. The molecule has 7 nitrogen and oxygen atoms in total. The molecule has 0 bridgehead atoms. The summed E-state index contributed by atoms with van der Waals surface area (Å²) in [7, 11) is 0. The van der Waals surface area contributed by atoms with Gasteiger partial charge in [0.25, 0.3) is 5.91 Å². The van der Waals surface area contributed by atoms with Crippen LogP contribution in [0.25, 0.3) is 0 Å². The maximum Gasteiger partial charge on any atom is 0.251 e. The first-order chi connectivity index (χ1) is 10.4. The molecule has 1 rings (SSSR count). The lowest BCUT2D eigenvalue weighted by atomic mass is 10.0. The van der Waals surface area contributed by atoms with Gasteiger partial charge in [-0.2, -0.15) is 0 Å². The summed E-state index contributed by atoms with van der Waals surface area (Å²) in [6.07, 6.45) is -6.73. The summed E-state index contributed by atoms with van der Waals surface area (Å²) < 4.78 is 0. The van der Waals surface area contributed by atoms with E-state index in [1.807, 2.05) is 30.3 Å². The highest BCUT2D eigenvalue weighted by Crippen LogP contribution is 2.07. The van der Waals surface area contributed by atoms with Crippen LogP contribution in [0.3, 0.4) is 0 Å². The molecule has 0 radical (unpaired) electrons. The standard InChI is InChI=1S/C15H23NO6/c1-9(7-10-5-3-2-4-6-10)16-15(22)14(21)13(20)12(19)11(18)8-17/h2-6,9,11-14,17-21H,7-8H2,1H3,(H,16,22)/t9-,11+,12+,13-,14+/m0/s1.